The molecule has 2 rings (SSSR count). The fourth-order valence-corrected chi connectivity index (χ4v) is 4.30. The van der Waals surface area contributed by atoms with Crippen LogP contribution in [0.4, 0.5) is 0 Å². The van der Waals surface area contributed by atoms with Gasteiger partial charge in [-0.2, -0.15) is 0 Å². The second kappa shape index (κ2) is 8.69. The Hall–Kier alpha value is -2.16. The number of ether oxygens (including phenoxy) is 1. The summed E-state index contributed by atoms with van der Waals surface area (Å²) in [6, 6.07) is 5.73. The van der Waals surface area contributed by atoms with Crippen LogP contribution in [0, 0.1) is 13.8 Å². The molecule has 0 bridgehead atoms. The summed E-state index contributed by atoms with van der Waals surface area (Å²) in [6.07, 6.45) is 0. The molecule has 0 amide bonds. The van der Waals surface area contributed by atoms with Crippen LogP contribution in [0.1, 0.15) is 52.0 Å². The number of halogens is 1. The van der Waals surface area contributed by atoms with Crippen LogP contribution in [0.25, 0.3) is 0 Å². The zero-order valence-corrected chi connectivity index (χ0v) is 18.9. The van der Waals surface area contributed by atoms with E-state index in [2.05, 4.69) is 0 Å². The van der Waals surface area contributed by atoms with Gasteiger partial charge in [-0.25, -0.2) is 17.5 Å². The molecule has 0 aliphatic rings. The molecule has 0 unspecified atom stereocenters. The summed E-state index contributed by atoms with van der Waals surface area (Å²) in [5.74, 6) is -1.21. The van der Waals surface area contributed by atoms with Crippen molar-refractivity contribution in [2.24, 2.45) is 0 Å². The first-order valence-corrected chi connectivity index (χ1v) is 10.8. The Kier molecular flexibility index (Phi) is 6.93. The van der Waals surface area contributed by atoms with Crippen LogP contribution in [0.2, 0.25) is 5.02 Å². The lowest BCUT2D eigenvalue weighted by molar-refractivity contribution is 0.0474. The van der Waals surface area contributed by atoms with Crippen molar-refractivity contribution < 1.29 is 22.7 Å². The third kappa shape index (κ3) is 4.71. The molecule has 0 atom stereocenters. The zero-order valence-electron chi connectivity index (χ0n) is 17.3. The highest BCUT2D eigenvalue weighted by Gasteiger charge is 2.23. The van der Waals surface area contributed by atoms with Crippen molar-refractivity contribution in [1.82, 2.24) is 8.87 Å². The van der Waals surface area contributed by atoms with E-state index < -0.39 is 22.6 Å². The summed E-state index contributed by atoms with van der Waals surface area (Å²) in [7, 11) is -0.976. The predicted octanol–water partition coefficient (Wildman–Crippen LogP) is 3.63. The minimum atomic E-state index is -3.74. The lowest BCUT2D eigenvalue weighted by Crippen LogP contribution is -2.22. The van der Waals surface area contributed by atoms with Gasteiger partial charge in [0.1, 0.15) is 0 Å². The second-order valence-electron chi connectivity index (χ2n) is 7.18. The van der Waals surface area contributed by atoms with E-state index >= 15 is 0 Å². The molecular formula is C20H25ClN2O5S. The Balaban J connectivity index is 2.22. The molecular weight excluding hydrogens is 416 g/mol. The summed E-state index contributed by atoms with van der Waals surface area (Å²) in [6.45, 7) is 7.32. The van der Waals surface area contributed by atoms with E-state index in [1.165, 1.54) is 26.2 Å². The van der Waals surface area contributed by atoms with Crippen molar-refractivity contribution in [1.29, 1.82) is 0 Å². The summed E-state index contributed by atoms with van der Waals surface area (Å²) in [5, 5.41) is 0.0399. The molecule has 0 N–H and O–H groups in total. The third-order valence-corrected chi connectivity index (χ3v) is 6.71. The Morgan fingerprint density at radius 1 is 1.14 bits per heavy atom. The van der Waals surface area contributed by atoms with Gasteiger partial charge in [-0.3, -0.25) is 4.79 Å². The highest BCUT2D eigenvalue weighted by Crippen LogP contribution is 2.24. The number of benzene rings is 1. The van der Waals surface area contributed by atoms with E-state index in [1.54, 1.807) is 6.07 Å². The minimum Gasteiger partial charge on any atom is -0.454 e. The minimum absolute atomic E-state index is 0.0399. The Morgan fingerprint density at radius 3 is 2.28 bits per heavy atom. The van der Waals surface area contributed by atoms with E-state index in [-0.39, 0.29) is 27.3 Å². The van der Waals surface area contributed by atoms with Gasteiger partial charge in [-0.1, -0.05) is 11.6 Å². The largest absolute Gasteiger partial charge is 0.454 e. The molecule has 1 aromatic heterocycles. The number of sulfonamides is 1. The lowest BCUT2D eigenvalue weighted by atomic mass is 10.1. The molecule has 0 aliphatic carbocycles. The molecule has 7 nitrogen and oxygen atoms in total. The van der Waals surface area contributed by atoms with Crippen LogP contribution in [0.5, 0.6) is 0 Å². The van der Waals surface area contributed by atoms with Gasteiger partial charge in [-0.05, 0) is 52.0 Å². The molecule has 158 valence electrons. The molecule has 0 spiro atoms. The number of esters is 1. The smallest absolute Gasteiger partial charge is 0.340 e. The standard InChI is InChI=1S/C20H25ClN2O5S/c1-12(2)23-13(3)9-16(14(23)4)19(24)11-28-20(25)17-10-15(7-8-18(17)21)29(26,27)22(5)6/h7-10,12H,11H2,1-6H3. The number of aromatic nitrogens is 1. The van der Waals surface area contributed by atoms with Gasteiger partial charge in [0.2, 0.25) is 15.8 Å². The van der Waals surface area contributed by atoms with Crippen LogP contribution in [-0.4, -0.2) is 49.7 Å². The maximum absolute atomic E-state index is 12.6. The first-order chi connectivity index (χ1) is 13.4. The normalized spacial score (nSPS) is 11.9. The predicted molar refractivity (Wildman–Crippen MR) is 111 cm³/mol. The van der Waals surface area contributed by atoms with Crippen LogP contribution in [0.3, 0.4) is 0 Å². The van der Waals surface area contributed by atoms with Gasteiger partial charge >= 0.3 is 5.97 Å². The lowest BCUT2D eigenvalue weighted by Gasteiger charge is -2.14. The highest BCUT2D eigenvalue weighted by atomic mass is 35.5. The fourth-order valence-electron chi connectivity index (χ4n) is 3.17. The molecule has 0 aliphatic heterocycles. The molecule has 0 saturated heterocycles. The van der Waals surface area contributed by atoms with Crippen molar-refractivity contribution in [2.45, 2.75) is 38.6 Å². The third-order valence-electron chi connectivity index (χ3n) is 4.57. The van der Waals surface area contributed by atoms with Gasteiger partial charge in [0.25, 0.3) is 0 Å². The van der Waals surface area contributed by atoms with Crippen molar-refractivity contribution in [3.63, 3.8) is 0 Å². The molecule has 0 radical (unpaired) electrons. The van der Waals surface area contributed by atoms with Crippen molar-refractivity contribution >= 4 is 33.4 Å². The average molecular weight is 441 g/mol. The quantitative estimate of drug-likeness (QED) is 0.484. The molecule has 1 aromatic carbocycles. The fraction of sp³-hybridized carbons (Fsp3) is 0.400. The first-order valence-electron chi connectivity index (χ1n) is 8.98. The zero-order chi connectivity index (χ0) is 22.1. The van der Waals surface area contributed by atoms with Gasteiger partial charge < -0.3 is 9.30 Å². The molecule has 0 saturated carbocycles. The van der Waals surface area contributed by atoms with Gasteiger partial charge in [0.05, 0.1) is 15.5 Å². The van der Waals surface area contributed by atoms with E-state index in [4.69, 9.17) is 16.3 Å². The maximum atomic E-state index is 12.6. The summed E-state index contributed by atoms with van der Waals surface area (Å²) < 4.78 is 32.7. The number of hydrogen-bond donors (Lipinski definition) is 0. The van der Waals surface area contributed by atoms with E-state index in [1.807, 2.05) is 32.3 Å². The Morgan fingerprint density at radius 2 is 1.76 bits per heavy atom. The topological polar surface area (TPSA) is 85.7 Å². The molecule has 0 fully saturated rings. The molecule has 29 heavy (non-hydrogen) atoms. The highest BCUT2D eigenvalue weighted by molar-refractivity contribution is 7.89. The number of ketones is 1. The molecule has 9 heteroatoms. The van der Waals surface area contributed by atoms with E-state index in [0.717, 1.165) is 21.8 Å². The molecule has 1 heterocycles. The summed E-state index contributed by atoms with van der Waals surface area (Å²) in [4.78, 5) is 24.9. The number of carbonyl (C=O) groups excluding carboxylic acids is 2. The van der Waals surface area contributed by atoms with Crippen molar-refractivity contribution in [3.05, 3.63) is 51.8 Å². The van der Waals surface area contributed by atoms with Crippen LogP contribution in [0.15, 0.2) is 29.2 Å². The number of carbonyl (C=O) groups is 2. The maximum Gasteiger partial charge on any atom is 0.340 e. The Bertz CT molecular complexity index is 1060. The average Bonchev–Trinajstić information content (AvgIpc) is 2.93. The van der Waals surface area contributed by atoms with Crippen LogP contribution >= 0.6 is 11.6 Å². The number of rotatable bonds is 7. The summed E-state index contributed by atoms with van der Waals surface area (Å²) >= 11 is 6.04. The Labute approximate surface area is 176 Å². The summed E-state index contributed by atoms with van der Waals surface area (Å²) in [5.41, 5.74) is 2.11. The molecule has 2 aromatic rings. The van der Waals surface area contributed by atoms with Gasteiger partial charge in [-0.15, -0.1) is 0 Å². The van der Waals surface area contributed by atoms with Gasteiger partial charge in [0.15, 0.2) is 6.61 Å². The van der Waals surface area contributed by atoms with Crippen LogP contribution in [-0.2, 0) is 14.8 Å². The van der Waals surface area contributed by atoms with Crippen molar-refractivity contribution in [2.75, 3.05) is 20.7 Å². The van der Waals surface area contributed by atoms with Gasteiger partial charge in [0, 0.05) is 37.1 Å². The first kappa shape index (κ1) is 23.1. The second-order valence-corrected chi connectivity index (χ2v) is 9.74. The number of hydrogen-bond acceptors (Lipinski definition) is 5. The number of nitrogens with zero attached hydrogens (tertiary/aromatic N) is 2. The number of Topliss-reactive ketones (excluding diaryl/α,β-unsaturated/α-hetero) is 1. The number of aryl methyl sites for hydroxylation is 1. The van der Waals surface area contributed by atoms with Crippen LogP contribution < -0.4 is 0 Å². The van der Waals surface area contributed by atoms with Crippen molar-refractivity contribution in [3.8, 4) is 0 Å². The van der Waals surface area contributed by atoms with E-state index in [0.29, 0.717) is 5.56 Å². The monoisotopic (exact) mass is 440 g/mol. The SMILES string of the molecule is Cc1cc(C(=O)COC(=O)c2cc(S(=O)(=O)N(C)C)ccc2Cl)c(C)n1C(C)C. The van der Waals surface area contributed by atoms with E-state index in [9.17, 15) is 18.0 Å².